The Morgan fingerprint density at radius 1 is 1.10 bits per heavy atom. The lowest BCUT2D eigenvalue weighted by Gasteiger charge is -2.19. The number of aromatic nitrogens is 4. The quantitative estimate of drug-likeness (QED) is 0.502. The molecular formula is C21H22FN5O2. The molecule has 8 heteroatoms. The lowest BCUT2D eigenvalue weighted by molar-refractivity contribution is 0.0850. The lowest BCUT2D eigenvalue weighted by Crippen LogP contribution is -2.26. The van der Waals surface area contributed by atoms with Crippen LogP contribution < -0.4 is 4.90 Å². The Balaban J connectivity index is 1.44. The van der Waals surface area contributed by atoms with Gasteiger partial charge in [-0.2, -0.15) is 4.98 Å². The Morgan fingerprint density at radius 2 is 1.90 bits per heavy atom. The summed E-state index contributed by atoms with van der Waals surface area (Å²) in [5.41, 5.74) is 3.48. The number of hydrogen-bond donors (Lipinski definition) is 1. The van der Waals surface area contributed by atoms with Crippen LogP contribution in [-0.4, -0.2) is 33.2 Å². The van der Waals surface area contributed by atoms with Gasteiger partial charge in [0.15, 0.2) is 0 Å². The minimum atomic E-state index is -0.271. The van der Waals surface area contributed by atoms with Gasteiger partial charge in [-0.1, -0.05) is 17.3 Å². The van der Waals surface area contributed by atoms with E-state index in [2.05, 4.69) is 38.9 Å². The van der Waals surface area contributed by atoms with E-state index in [0.717, 1.165) is 28.1 Å². The molecule has 0 spiro atoms. The number of benzene rings is 2. The third-order valence-electron chi connectivity index (χ3n) is 4.71. The zero-order valence-electron chi connectivity index (χ0n) is 16.5. The van der Waals surface area contributed by atoms with E-state index in [1.54, 1.807) is 12.1 Å². The summed E-state index contributed by atoms with van der Waals surface area (Å²) in [5.74, 6) is 1.41. The Bertz CT molecular complexity index is 1100. The zero-order chi connectivity index (χ0) is 20.4. The predicted octanol–water partition coefficient (Wildman–Crippen LogP) is 4.31. The summed E-state index contributed by atoms with van der Waals surface area (Å²) in [6.45, 7) is 4.74. The van der Waals surface area contributed by atoms with Gasteiger partial charge in [-0.3, -0.25) is 0 Å². The number of anilines is 1. The molecule has 0 aliphatic heterocycles. The van der Waals surface area contributed by atoms with E-state index < -0.39 is 0 Å². The molecule has 2 aromatic carbocycles. The summed E-state index contributed by atoms with van der Waals surface area (Å²) in [6.07, 6.45) is 0. The summed E-state index contributed by atoms with van der Waals surface area (Å²) in [5, 5.41) is 4.04. The summed E-state index contributed by atoms with van der Waals surface area (Å²) < 4.78 is 23.8. The van der Waals surface area contributed by atoms with Crippen molar-refractivity contribution in [1.82, 2.24) is 20.1 Å². The fourth-order valence-electron chi connectivity index (χ4n) is 2.81. The topological polar surface area (TPSA) is 80.1 Å². The Kier molecular flexibility index (Phi) is 5.26. The van der Waals surface area contributed by atoms with Crippen molar-refractivity contribution in [3.8, 4) is 11.4 Å². The Labute approximate surface area is 167 Å². The summed E-state index contributed by atoms with van der Waals surface area (Å²) in [7, 11) is 2.00. The van der Waals surface area contributed by atoms with Gasteiger partial charge in [-0.05, 0) is 49.7 Å². The van der Waals surface area contributed by atoms with E-state index in [1.165, 1.54) is 12.1 Å². The maximum absolute atomic E-state index is 12.9. The number of nitrogens with zero attached hydrogens (tertiary/aromatic N) is 4. The molecule has 150 valence electrons. The number of H-pyrrole nitrogens is 1. The van der Waals surface area contributed by atoms with Gasteiger partial charge in [-0.25, -0.2) is 9.37 Å². The number of imidazole rings is 1. The van der Waals surface area contributed by atoms with Gasteiger partial charge in [0.1, 0.15) is 12.4 Å². The molecule has 0 saturated carbocycles. The van der Waals surface area contributed by atoms with Crippen molar-refractivity contribution in [1.29, 1.82) is 0 Å². The Hall–Kier alpha value is -3.26. The number of aromatic amines is 1. The molecule has 0 amide bonds. The highest BCUT2D eigenvalue weighted by atomic mass is 19.1. The molecule has 0 fully saturated rings. The summed E-state index contributed by atoms with van der Waals surface area (Å²) >= 11 is 0. The van der Waals surface area contributed by atoms with E-state index in [1.807, 2.05) is 25.2 Å². The highest BCUT2D eigenvalue weighted by Crippen LogP contribution is 2.24. The van der Waals surface area contributed by atoms with Crippen molar-refractivity contribution in [2.24, 2.45) is 0 Å². The van der Waals surface area contributed by atoms with Crippen LogP contribution in [0.3, 0.4) is 0 Å². The third-order valence-corrected chi connectivity index (χ3v) is 4.71. The molecule has 4 aromatic rings. The minimum absolute atomic E-state index is 0.181. The molecule has 0 radical (unpaired) electrons. The maximum Gasteiger partial charge on any atom is 0.252 e. The van der Waals surface area contributed by atoms with Crippen molar-refractivity contribution < 1.29 is 13.7 Å². The smallest absolute Gasteiger partial charge is 0.252 e. The van der Waals surface area contributed by atoms with E-state index in [-0.39, 0.29) is 12.4 Å². The van der Waals surface area contributed by atoms with E-state index in [9.17, 15) is 4.39 Å². The van der Waals surface area contributed by atoms with Crippen molar-refractivity contribution in [3.63, 3.8) is 0 Å². The van der Waals surface area contributed by atoms with Gasteiger partial charge in [0, 0.05) is 18.7 Å². The highest BCUT2D eigenvalue weighted by molar-refractivity contribution is 5.82. The van der Waals surface area contributed by atoms with Gasteiger partial charge in [0.05, 0.1) is 17.6 Å². The maximum atomic E-state index is 12.9. The van der Waals surface area contributed by atoms with Crippen LogP contribution >= 0.6 is 0 Å². The van der Waals surface area contributed by atoms with Crippen LogP contribution in [0.25, 0.3) is 22.4 Å². The van der Waals surface area contributed by atoms with E-state index in [4.69, 9.17) is 9.26 Å². The molecule has 1 N–H and O–H groups in total. The molecule has 0 bridgehead atoms. The van der Waals surface area contributed by atoms with Gasteiger partial charge >= 0.3 is 0 Å². The standard InChI is InChI=1S/C21H22FN5O2/c1-13(2)27(3)21-23-17-9-6-15(10-18(17)24-21)20-25-19(29-26-20)12-28-11-14-4-7-16(22)8-5-14/h4-10,13H,11-12H2,1-3H3,(H,23,24). The second-order valence-electron chi connectivity index (χ2n) is 7.13. The van der Waals surface area contributed by atoms with Crippen molar-refractivity contribution in [3.05, 3.63) is 59.7 Å². The largest absolute Gasteiger partial charge is 0.367 e. The van der Waals surface area contributed by atoms with Gasteiger partial charge in [0.2, 0.25) is 11.8 Å². The van der Waals surface area contributed by atoms with Crippen molar-refractivity contribution >= 4 is 17.0 Å². The first-order valence-electron chi connectivity index (χ1n) is 9.37. The van der Waals surface area contributed by atoms with Crippen molar-refractivity contribution in [2.45, 2.75) is 33.1 Å². The van der Waals surface area contributed by atoms with Crippen LogP contribution in [0.2, 0.25) is 0 Å². The van der Waals surface area contributed by atoms with Crippen LogP contribution in [0.1, 0.15) is 25.3 Å². The number of hydrogen-bond acceptors (Lipinski definition) is 6. The molecule has 0 atom stereocenters. The second-order valence-corrected chi connectivity index (χ2v) is 7.13. The molecule has 0 aliphatic carbocycles. The van der Waals surface area contributed by atoms with Crippen molar-refractivity contribution in [2.75, 3.05) is 11.9 Å². The fraction of sp³-hybridized carbons (Fsp3) is 0.286. The van der Waals surface area contributed by atoms with Gasteiger partial charge in [0.25, 0.3) is 5.89 Å². The van der Waals surface area contributed by atoms with Gasteiger partial charge in [-0.15, -0.1) is 0 Å². The SMILES string of the molecule is CC(C)N(C)c1nc2ccc(-c3noc(COCc4ccc(F)cc4)n3)cc2[nH]1. The number of rotatable bonds is 7. The zero-order valence-corrected chi connectivity index (χ0v) is 16.5. The molecule has 2 heterocycles. The molecule has 4 rings (SSSR count). The summed E-state index contributed by atoms with van der Waals surface area (Å²) in [6, 6.07) is 12.3. The van der Waals surface area contributed by atoms with Crippen LogP contribution in [0.15, 0.2) is 47.0 Å². The first-order chi connectivity index (χ1) is 14.0. The Morgan fingerprint density at radius 3 is 2.66 bits per heavy atom. The summed E-state index contributed by atoms with van der Waals surface area (Å²) in [4.78, 5) is 14.4. The molecular weight excluding hydrogens is 373 g/mol. The minimum Gasteiger partial charge on any atom is -0.367 e. The van der Waals surface area contributed by atoms with Crippen LogP contribution in [0, 0.1) is 5.82 Å². The van der Waals surface area contributed by atoms with Crippen LogP contribution in [0.4, 0.5) is 10.3 Å². The predicted molar refractivity (Wildman–Crippen MR) is 108 cm³/mol. The average molecular weight is 395 g/mol. The number of halogens is 1. The fourth-order valence-corrected chi connectivity index (χ4v) is 2.81. The normalized spacial score (nSPS) is 11.5. The highest BCUT2D eigenvalue weighted by Gasteiger charge is 2.13. The van der Waals surface area contributed by atoms with Crippen LogP contribution in [-0.2, 0) is 18.0 Å². The molecule has 0 aliphatic rings. The number of fused-ring (bicyclic) bond motifs is 1. The second kappa shape index (κ2) is 8.00. The number of ether oxygens (including phenoxy) is 1. The molecule has 0 saturated heterocycles. The average Bonchev–Trinajstić information content (AvgIpc) is 3.35. The molecule has 0 unspecified atom stereocenters. The van der Waals surface area contributed by atoms with Crippen LogP contribution in [0.5, 0.6) is 0 Å². The number of nitrogens with one attached hydrogen (secondary N) is 1. The van der Waals surface area contributed by atoms with E-state index >= 15 is 0 Å². The van der Waals surface area contributed by atoms with E-state index in [0.29, 0.717) is 24.4 Å². The monoisotopic (exact) mass is 395 g/mol. The molecule has 2 aromatic heterocycles. The first kappa shape index (κ1) is 19.1. The van der Waals surface area contributed by atoms with Gasteiger partial charge < -0.3 is 19.1 Å². The first-order valence-corrected chi connectivity index (χ1v) is 9.37. The third kappa shape index (κ3) is 4.27. The molecule has 7 nitrogen and oxygen atoms in total. The lowest BCUT2D eigenvalue weighted by atomic mass is 10.2. The molecule has 29 heavy (non-hydrogen) atoms.